The van der Waals surface area contributed by atoms with Crippen molar-refractivity contribution < 1.29 is 4.79 Å². The van der Waals surface area contributed by atoms with E-state index < -0.39 is 0 Å². The highest BCUT2D eigenvalue weighted by molar-refractivity contribution is 5.76. The van der Waals surface area contributed by atoms with E-state index in [2.05, 4.69) is 38.5 Å². The summed E-state index contributed by atoms with van der Waals surface area (Å²) >= 11 is 0. The van der Waals surface area contributed by atoms with Gasteiger partial charge in [-0.15, -0.1) is 0 Å². The summed E-state index contributed by atoms with van der Waals surface area (Å²) in [5, 5.41) is 0. The van der Waals surface area contributed by atoms with E-state index in [1.54, 1.807) is 0 Å². The van der Waals surface area contributed by atoms with Crippen molar-refractivity contribution in [3.05, 3.63) is 17.5 Å². The minimum atomic E-state index is 0.337. The van der Waals surface area contributed by atoms with E-state index in [-0.39, 0.29) is 0 Å². The molecule has 0 radical (unpaired) electrons. The van der Waals surface area contributed by atoms with Gasteiger partial charge in [-0.05, 0) is 82.5 Å². The van der Waals surface area contributed by atoms with E-state index in [9.17, 15) is 4.79 Å². The van der Waals surface area contributed by atoms with Crippen LogP contribution in [0.3, 0.4) is 0 Å². The summed E-state index contributed by atoms with van der Waals surface area (Å²) < 4.78 is 0. The summed E-state index contributed by atoms with van der Waals surface area (Å²) in [5.74, 6) is 1.70. The number of hydrogen-bond donors (Lipinski definition) is 1. The lowest BCUT2D eigenvalue weighted by Gasteiger charge is -2.47. The zero-order valence-corrected chi connectivity index (χ0v) is 19.4. The highest BCUT2D eigenvalue weighted by Crippen LogP contribution is 2.37. The van der Waals surface area contributed by atoms with Crippen LogP contribution in [0.15, 0.2) is 6.20 Å². The van der Waals surface area contributed by atoms with Gasteiger partial charge in [0.1, 0.15) is 0 Å². The molecule has 2 saturated heterocycles. The van der Waals surface area contributed by atoms with Gasteiger partial charge in [0, 0.05) is 50.5 Å². The Bertz CT molecular complexity index is 750. The summed E-state index contributed by atoms with van der Waals surface area (Å²) in [5.41, 5.74) is 8.23. The molecule has 1 aliphatic carbocycles. The minimum absolute atomic E-state index is 0.337. The van der Waals surface area contributed by atoms with E-state index in [0.717, 1.165) is 64.1 Å². The van der Waals surface area contributed by atoms with Crippen LogP contribution in [0.4, 0.5) is 5.95 Å². The first kappa shape index (κ1) is 22.5. The van der Waals surface area contributed by atoms with Crippen LogP contribution in [0, 0.1) is 11.8 Å². The molecule has 0 aromatic carbocycles. The van der Waals surface area contributed by atoms with Crippen LogP contribution in [0.2, 0.25) is 0 Å². The molecule has 7 nitrogen and oxygen atoms in total. The number of carbonyl (C=O) groups excluding carboxylic acids is 1. The molecular formula is C24H40N6O. The predicted molar refractivity (Wildman–Crippen MR) is 124 cm³/mol. The molecule has 0 unspecified atom stereocenters. The Kier molecular flexibility index (Phi) is 7.43. The molecule has 1 aromatic heterocycles. The van der Waals surface area contributed by atoms with Crippen LogP contribution >= 0.6 is 0 Å². The number of likely N-dealkylation sites (N-methyl/N-ethyl adjacent to an activating group) is 1. The van der Waals surface area contributed by atoms with Gasteiger partial charge in [0.2, 0.25) is 11.9 Å². The highest BCUT2D eigenvalue weighted by Gasteiger charge is 2.40. The first-order chi connectivity index (χ1) is 15.1. The Balaban J connectivity index is 1.39. The fraction of sp³-hybridized carbons (Fsp3) is 0.792. The molecule has 3 atom stereocenters. The number of piperidine rings is 1. The standard InChI is InChI=1S/C24H40N6O/c1-3-7-30-17-18(13-23(31)29(4-2)11-10-28-8-5-6-9-28)12-19-14-21-20(15-22(19)30)16-26-24(25)27-21/h16,18-19,22H,3-15,17H2,1-2H3,(H2,25,26,27)/t18-,19-,22-/m1/s1. The molecule has 0 spiro atoms. The Morgan fingerprint density at radius 2 is 2.03 bits per heavy atom. The molecule has 0 saturated carbocycles. The van der Waals surface area contributed by atoms with Crippen molar-refractivity contribution in [2.24, 2.45) is 11.8 Å². The maximum atomic E-state index is 13.2. The van der Waals surface area contributed by atoms with Crippen molar-refractivity contribution in [2.45, 2.75) is 64.8 Å². The first-order valence-electron chi connectivity index (χ1n) is 12.4. The van der Waals surface area contributed by atoms with Crippen molar-refractivity contribution in [3.63, 3.8) is 0 Å². The first-order valence-corrected chi connectivity index (χ1v) is 12.4. The molecule has 3 heterocycles. The number of anilines is 1. The van der Waals surface area contributed by atoms with Gasteiger partial charge in [-0.25, -0.2) is 9.97 Å². The molecular weight excluding hydrogens is 388 g/mol. The van der Waals surface area contributed by atoms with Crippen LogP contribution in [0.25, 0.3) is 0 Å². The van der Waals surface area contributed by atoms with Crippen LogP contribution in [0.1, 0.15) is 57.2 Å². The van der Waals surface area contributed by atoms with Crippen molar-refractivity contribution >= 4 is 11.9 Å². The number of nitrogens with two attached hydrogens (primary N) is 1. The summed E-state index contributed by atoms with van der Waals surface area (Å²) in [4.78, 5) is 29.1. The fourth-order valence-electron chi connectivity index (χ4n) is 6.01. The van der Waals surface area contributed by atoms with Crippen LogP contribution in [-0.2, 0) is 17.6 Å². The molecule has 1 amide bonds. The number of rotatable bonds is 8. The molecule has 2 fully saturated rings. The average Bonchev–Trinajstić information content (AvgIpc) is 3.27. The summed E-state index contributed by atoms with van der Waals surface area (Å²) in [6.07, 6.45) is 9.44. The Morgan fingerprint density at radius 3 is 2.77 bits per heavy atom. The van der Waals surface area contributed by atoms with Gasteiger partial charge in [-0.2, -0.15) is 0 Å². The van der Waals surface area contributed by atoms with Crippen molar-refractivity contribution in [2.75, 3.05) is 51.5 Å². The number of nitrogen functional groups attached to an aromatic ring is 1. The molecule has 31 heavy (non-hydrogen) atoms. The number of hydrogen-bond acceptors (Lipinski definition) is 6. The zero-order chi connectivity index (χ0) is 21.8. The lowest BCUT2D eigenvalue weighted by molar-refractivity contribution is -0.133. The third-order valence-electron chi connectivity index (χ3n) is 7.59. The van der Waals surface area contributed by atoms with Gasteiger partial charge >= 0.3 is 0 Å². The van der Waals surface area contributed by atoms with Gasteiger partial charge in [-0.3, -0.25) is 9.69 Å². The third kappa shape index (κ3) is 5.37. The molecule has 7 heteroatoms. The van der Waals surface area contributed by atoms with E-state index in [1.807, 2.05) is 6.20 Å². The van der Waals surface area contributed by atoms with Gasteiger partial charge in [0.25, 0.3) is 0 Å². The maximum absolute atomic E-state index is 13.2. The van der Waals surface area contributed by atoms with E-state index >= 15 is 0 Å². The summed E-state index contributed by atoms with van der Waals surface area (Å²) in [6, 6.07) is 0.545. The van der Waals surface area contributed by atoms with Crippen LogP contribution in [-0.4, -0.2) is 82.4 Å². The number of nitrogens with zero attached hydrogens (tertiary/aromatic N) is 5. The van der Waals surface area contributed by atoms with Crippen molar-refractivity contribution in [1.82, 2.24) is 24.7 Å². The SMILES string of the molecule is CCCN1C[C@@H](CC(=O)N(CC)CCN2CCCC2)C[C@@H]2Cc3nc(N)ncc3C[C@H]21. The second-order valence-electron chi connectivity index (χ2n) is 9.76. The predicted octanol–water partition coefficient (Wildman–Crippen LogP) is 2.21. The number of amides is 1. The van der Waals surface area contributed by atoms with Gasteiger partial charge in [0.15, 0.2) is 0 Å². The maximum Gasteiger partial charge on any atom is 0.222 e. The number of likely N-dealkylation sites (tertiary alicyclic amines) is 2. The van der Waals surface area contributed by atoms with E-state index in [1.165, 1.54) is 31.5 Å². The largest absolute Gasteiger partial charge is 0.368 e. The quantitative estimate of drug-likeness (QED) is 0.684. The smallest absolute Gasteiger partial charge is 0.222 e. The van der Waals surface area contributed by atoms with Crippen LogP contribution in [0.5, 0.6) is 0 Å². The molecule has 4 rings (SSSR count). The lowest BCUT2D eigenvalue weighted by Crippen LogP contribution is -2.53. The van der Waals surface area contributed by atoms with Gasteiger partial charge in [-0.1, -0.05) is 6.92 Å². The van der Waals surface area contributed by atoms with Crippen molar-refractivity contribution in [1.29, 1.82) is 0 Å². The fourth-order valence-corrected chi connectivity index (χ4v) is 6.01. The molecule has 2 aliphatic heterocycles. The van der Waals surface area contributed by atoms with Gasteiger partial charge in [0.05, 0.1) is 0 Å². The van der Waals surface area contributed by atoms with E-state index in [4.69, 9.17) is 5.73 Å². The number of fused-ring (bicyclic) bond motifs is 2. The Hall–Kier alpha value is -1.73. The second-order valence-corrected chi connectivity index (χ2v) is 9.76. The van der Waals surface area contributed by atoms with E-state index in [0.29, 0.717) is 36.2 Å². The number of aromatic nitrogens is 2. The monoisotopic (exact) mass is 428 g/mol. The average molecular weight is 429 g/mol. The third-order valence-corrected chi connectivity index (χ3v) is 7.59. The molecule has 3 aliphatic rings. The molecule has 0 bridgehead atoms. The summed E-state index contributed by atoms with van der Waals surface area (Å²) in [6.45, 7) is 11.6. The molecule has 2 N–H and O–H groups in total. The minimum Gasteiger partial charge on any atom is -0.368 e. The zero-order valence-electron chi connectivity index (χ0n) is 19.4. The topological polar surface area (TPSA) is 78.6 Å². The molecule has 172 valence electrons. The highest BCUT2D eigenvalue weighted by atomic mass is 16.2. The Morgan fingerprint density at radius 1 is 1.23 bits per heavy atom. The van der Waals surface area contributed by atoms with Gasteiger partial charge < -0.3 is 15.5 Å². The molecule has 1 aromatic rings. The normalized spacial score (nSPS) is 26.5. The summed E-state index contributed by atoms with van der Waals surface area (Å²) in [7, 11) is 0. The lowest BCUT2D eigenvalue weighted by atomic mass is 9.73. The number of carbonyl (C=O) groups is 1. The van der Waals surface area contributed by atoms with Crippen LogP contribution < -0.4 is 5.73 Å². The van der Waals surface area contributed by atoms with Crippen molar-refractivity contribution in [3.8, 4) is 0 Å². The Labute approximate surface area is 187 Å². The second kappa shape index (κ2) is 10.3.